The fourth-order valence-electron chi connectivity index (χ4n) is 0.278. The molecule has 0 saturated carbocycles. The summed E-state index contributed by atoms with van der Waals surface area (Å²) in [5, 5.41) is 2.91. The number of rotatable bonds is 1. The van der Waals surface area contributed by atoms with Gasteiger partial charge in [-0.1, -0.05) is 0 Å². The third-order valence-electron chi connectivity index (χ3n) is 0.716. The van der Waals surface area contributed by atoms with Crippen LogP contribution in [0.3, 0.4) is 0 Å². The van der Waals surface area contributed by atoms with Crippen molar-refractivity contribution in [3.63, 3.8) is 0 Å². The van der Waals surface area contributed by atoms with E-state index in [4.69, 9.17) is 0 Å². The highest BCUT2D eigenvalue weighted by Gasteiger charge is 1.90. The van der Waals surface area contributed by atoms with Gasteiger partial charge >= 0.3 is 0 Å². The van der Waals surface area contributed by atoms with Crippen LogP contribution >= 0.6 is 0 Å². The zero-order valence-electron chi connectivity index (χ0n) is 3.60. The van der Waals surface area contributed by atoms with Gasteiger partial charge in [0.25, 0.3) is 0 Å². The number of nitrogens with one attached hydrogen (secondary N) is 1. The monoisotopic (exact) mass is 82.1 g/mol. The topological polar surface area (TPSA) is 24.4 Å². The van der Waals surface area contributed by atoms with E-state index in [1.807, 2.05) is 7.05 Å². The molecule has 0 spiro atoms. The van der Waals surface area contributed by atoms with Crippen LogP contribution in [-0.2, 0) is 0 Å². The molecule has 0 radical (unpaired) electrons. The third kappa shape index (κ3) is 0.302. The van der Waals surface area contributed by atoms with E-state index in [-0.39, 0.29) is 0 Å². The van der Waals surface area contributed by atoms with Crippen LogP contribution in [0.4, 0.5) is 0 Å². The molecule has 1 heterocycles. The van der Waals surface area contributed by atoms with E-state index in [0.717, 1.165) is 5.70 Å². The first-order chi connectivity index (χ1) is 2.93. The molecule has 0 unspecified atom stereocenters. The molecular formula is C4H6N2. The van der Waals surface area contributed by atoms with E-state index in [9.17, 15) is 0 Å². The van der Waals surface area contributed by atoms with Crippen LogP contribution in [0, 0.1) is 0 Å². The van der Waals surface area contributed by atoms with Gasteiger partial charge in [-0.3, -0.25) is 4.99 Å². The first-order valence-corrected chi connectivity index (χ1v) is 1.84. The van der Waals surface area contributed by atoms with Gasteiger partial charge in [-0.15, -0.1) is 0 Å². The quantitative estimate of drug-likeness (QED) is 0.477. The van der Waals surface area contributed by atoms with Gasteiger partial charge in [-0.25, -0.2) is 0 Å². The van der Waals surface area contributed by atoms with Crippen molar-refractivity contribution in [2.45, 2.75) is 0 Å². The Balaban J connectivity index is 2.37. The molecule has 0 aromatic carbocycles. The lowest BCUT2D eigenvalue weighted by atomic mass is 10.4. The molecule has 0 amide bonds. The summed E-state index contributed by atoms with van der Waals surface area (Å²) in [7, 11) is 1.87. The molecule has 0 atom stereocenters. The minimum absolute atomic E-state index is 1.11. The second-order valence-electron chi connectivity index (χ2n) is 1.11. The van der Waals surface area contributed by atoms with E-state index < -0.39 is 0 Å². The van der Waals surface area contributed by atoms with Crippen molar-refractivity contribution in [3.8, 4) is 0 Å². The van der Waals surface area contributed by atoms with Crippen LogP contribution in [-0.4, -0.2) is 13.3 Å². The summed E-state index contributed by atoms with van der Waals surface area (Å²) in [4.78, 5) is 3.72. The molecule has 0 fully saturated rings. The maximum absolute atomic E-state index is 3.72. The van der Waals surface area contributed by atoms with Crippen molar-refractivity contribution >= 4 is 6.21 Å². The molecule has 0 aromatic rings. The van der Waals surface area contributed by atoms with Crippen molar-refractivity contribution in [2.75, 3.05) is 7.05 Å². The van der Waals surface area contributed by atoms with Crippen LogP contribution < -0.4 is 5.32 Å². The summed E-state index contributed by atoms with van der Waals surface area (Å²) in [5.41, 5.74) is 1.11. The lowest BCUT2D eigenvalue weighted by Gasteiger charge is -2.01. The Hall–Kier alpha value is -0.790. The minimum atomic E-state index is 1.11. The standard InChI is InChI=1S/C4H6N2/c1-5-4-2-6-3-4/h2-3,5H,1H3. The van der Waals surface area contributed by atoms with E-state index in [1.165, 1.54) is 0 Å². The maximum atomic E-state index is 3.72. The molecule has 0 aliphatic carbocycles. The molecule has 1 aliphatic heterocycles. The zero-order valence-corrected chi connectivity index (χ0v) is 3.60. The van der Waals surface area contributed by atoms with Gasteiger partial charge in [0.15, 0.2) is 0 Å². The van der Waals surface area contributed by atoms with Crippen LogP contribution in [0.5, 0.6) is 0 Å². The molecule has 0 saturated heterocycles. The van der Waals surface area contributed by atoms with Gasteiger partial charge in [0.1, 0.15) is 0 Å². The molecule has 32 valence electrons. The van der Waals surface area contributed by atoms with Gasteiger partial charge in [-0.2, -0.15) is 0 Å². The van der Waals surface area contributed by atoms with Crippen molar-refractivity contribution in [1.82, 2.24) is 5.32 Å². The molecule has 0 bridgehead atoms. The minimum Gasteiger partial charge on any atom is -0.386 e. The predicted octanol–water partition coefficient (Wildman–Crippen LogP) is 0.132. The molecule has 1 N–H and O–H groups in total. The Bertz CT molecular complexity index is 102. The first kappa shape index (κ1) is 3.40. The molecule has 1 rings (SSSR count). The Morgan fingerprint density at radius 3 is 2.50 bits per heavy atom. The molecular weight excluding hydrogens is 76.1 g/mol. The first-order valence-electron chi connectivity index (χ1n) is 1.84. The van der Waals surface area contributed by atoms with Gasteiger partial charge in [-0.05, 0) is 0 Å². The Morgan fingerprint density at radius 2 is 2.50 bits per heavy atom. The second-order valence-corrected chi connectivity index (χ2v) is 1.11. The lowest BCUT2D eigenvalue weighted by molar-refractivity contribution is 1.03. The predicted molar refractivity (Wildman–Crippen MR) is 25.6 cm³/mol. The van der Waals surface area contributed by atoms with Crippen molar-refractivity contribution in [3.05, 3.63) is 11.9 Å². The highest BCUT2D eigenvalue weighted by molar-refractivity contribution is 5.83. The third-order valence-corrected chi connectivity index (χ3v) is 0.716. The van der Waals surface area contributed by atoms with Crippen molar-refractivity contribution in [1.29, 1.82) is 0 Å². The smallest absolute Gasteiger partial charge is 0.0709 e. The highest BCUT2D eigenvalue weighted by atomic mass is 14.9. The van der Waals surface area contributed by atoms with Crippen molar-refractivity contribution in [2.24, 2.45) is 4.99 Å². The SMILES string of the molecule is CNC1=CN=C1. The summed E-state index contributed by atoms with van der Waals surface area (Å²) < 4.78 is 0. The van der Waals surface area contributed by atoms with Gasteiger partial charge < -0.3 is 5.32 Å². The second kappa shape index (κ2) is 1.12. The molecule has 1 aliphatic rings. The number of allylic oxidation sites excluding steroid dienone is 1. The zero-order chi connectivity index (χ0) is 4.41. The molecule has 2 nitrogen and oxygen atoms in total. The van der Waals surface area contributed by atoms with E-state index in [1.54, 1.807) is 12.4 Å². The largest absolute Gasteiger partial charge is 0.386 e. The summed E-state index contributed by atoms with van der Waals surface area (Å²) >= 11 is 0. The van der Waals surface area contributed by atoms with Crippen LogP contribution in [0.1, 0.15) is 0 Å². The Labute approximate surface area is 36.6 Å². The molecule has 6 heavy (non-hydrogen) atoms. The number of aliphatic imine (C=N–C) groups is 1. The summed E-state index contributed by atoms with van der Waals surface area (Å²) in [6, 6.07) is 0. The Kier molecular flexibility index (Phi) is 0.638. The van der Waals surface area contributed by atoms with Gasteiger partial charge in [0, 0.05) is 7.05 Å². The number of hydrogen-bond donors (Lipinski definition) is 1. The van der Waals surface area contributed by atoms with Crippen LogP contribution in [0.2, 0.25) is 0 Å². The average molecular weight is 82.1 g/mol. The van der Waals surface area contributed by atoms with Crippen molar-refractivity contribution < 1.29 is 0 Å². The maximum Gasteiger partial charge on any atom is 0.0709 e. The van der Waals surface area contributed by atoms with E-state index in [2.05, 4.69) is 10.3 Å². The van der Waals surface area contributed by atoms with Gasteiger partial charge in [0.05, 0.1) is 18.1 Å². The van der Waals surface area contributed by atoms with E-state index in [0.29, 0.717) is 0 Å². The van der Waals surface area contributed by atoms with E-state index >= 15 is 0 Å². The van der Waals surface area contributed by atoms with Crippen LogP contribution in [0.25, 0.3) is 0 Å². The molecule has 2 heteroatoms. The normalized spacial score (nSPS) is 15.8. The lowest BCUT2D eigenvalue weighted by Crippen LogP contribution is -2.10. The summed E-state index contributed by atoms with van der Waals surface area (Å²) in [6.07, 6.45) is 3.56. The average Bonchev–Trinajstić information content (AvgIpc) is 1.31. The van der Waals surface area contributed by atoms with Crippen LogP contribution in [0.15, 0.2) is 16.9 Å². The fraction of sp³-hybridized carbons (Fsp3) is 0.250. The number of hydrogen-bond acceptors (Lipinski definition) is 2. The van der Waals surface area contributed by atoms with Gasteiger partial charge in [0.2, 0.25) is 0 Å². The highest BCUT2D eigenvalue weighted by Crippen LogP contribution is 1.92. The number of nitrogens with zero attached hydrogens (tertiary/aromatic N) is 1. The summed E-state index contributed by atoms with van der Waals surface area (Å²) in [6.45, 7) is 0. The fourth-order valence-corrected chi connectivity index (χ4v) is 0.278. The Morgan fingerprint density at radius 1 is 1.83 bits per heavy atom. The molecule has 0 aromatic heterocycles. The summed E-state index contributed by atoms with van der Waals surface area (Å²) in [5.74, 6) is 0.